The van der Waals surface area contributed by atoms with Gasteiger partial charge in [-0.1, -0.05) is 17.7 Å². The number of rotatable bonds is 4. The number of Topliss-reactive ketones (excluding diaryl/α,β-unsaturated/α-hetero) is 1. The largest absolute Gasteiger partial charge is 0.385 e. The third-order valence-corrected chi connectivity index (χ3v) is 5.48. The van der Waals surface area contributed by atoms with E-state index in [9.17, 15) is 22.4 Å². The van der Waals surface area contributed by atoms with E-state index in [1.54, 1.807) is 24.3 Å². The molecule has 29 heavy (non-hydrogen) atoms. The normalized spacial score (nSPS) is 26.1. The summed E-state index contributed by atoms with van der Waals surface area (Å²) in [6, 6.07) is 9.69. The van der Waals surface area contributed by atoms with Gasteiger partial charge in [-0.2, -0.15) is 0 Å². The lowest BCUT2D eigenvalue weighted by Gasteiger charge is -2.42. The fraction of sp³-hybridized carbons (Fsp3) is 0.333. The number of alkyl halides is 3. The van der Waals surface area contributed by atoms with Gasteiger partial charge in [0.05, 0.1) is 6.42 Å². The van der Waals surface area contributed by atoms with Gasteiger partial charge in [-0.15, -0.1) is 0 Å². The molecule has 0 spiro atoms. The van der Waals surface area contributed by atoms with E-state index in [2.05, 4.69) is 4.99 Å². The van der Waals surface area contributed by atoms with E-state index in [0.29, 0.717) is 16.1 Å². The van der Waals surface area contributed by atoms with Crippen LogP contribution < -0.4 is 5.73 Å². The summed E-state index contributed by atoms with van der Waals surface area (Å²) in [5.74, 6) is -5.54. The number of carbonyl (C=O) groups excluding carboxylic acids is 1. The second-order valence-electron chi connectivity index (χ2n) is 7.57. The first-order valence-corrected chi connectivity index (χ1v) is 9.24. The molecule has 0 unspecified atom stereocenters. The highest BCUT2D eigenvalue weighted by atomic mass is 35.5. The molecular formula is C21H19ClF4N2O. The smallest absolute Gasteiger partial charge is 0.280 e. The van der Waals surface area contributed by atoms with Crippen molar-refractivity contribution in [1.82, 2.24) is 0 Å². The topological polar surface area (TPSA) is 55.5 Å². The zero-order valence-electron chi connectivity index (χ0n) is 15.8. The van der Waals surface area contributed by atoms with Crippen LogP contribution >= 0.6 is 11.6 Å². The molecule has 2 aromatic rings. The van der Waals surface area contributed by atoms with Gasteiger partial charge in [0.1, 0.15) is 11.7 Å². The molecule has 1 aliphatic rings. The number of nitrogens with two attached hydrogens (primary N) is 1. The van der Waals surface area contributed by atoms with Crippen LogP contribution in [0.2, 0.25) is 5.02 Å². The van der Waals surface area contributed by atoms with E-state index in [1.165, 1.54) is 6.07 Å². The Morgan fingerprint density at radius 3 is 2.38 bits per heavy atom. The van der Waals surface area contributed by atoms with Crippen molar-refractivity contribution in [3.63, 3.8) is 0 Å². The molecule has 2 atom stereocenters. The summed E-state index contributed by atoms with van der Waals surface area (Å²) >= 11 is 5.80. The Morgan fingerprint density at radius 2 is 1.76 bits per heavy atom. The van der Waals surface area contributed by atoms with Gasteiger partial charge in [-0.25, -0.2) is 17.6 Å². The summed E-state index contributed by atoms with van der Waals surface area (Å²) in [6.07, 6.45) is -1.37. The van der Waals surface area contributed by atoms with E-state index < -0.39 is 40.8 Å². The van der Waals surface area contributed by atoms with Gasteiger partial charge >= 0.3 is 0 Å². The average Bonchev–Trinajstić information content (AvgIpc) is 2.61. The molecule has 1 heterocycles. The maximum Gasteiger partial charge on any atom is 0.280 e. The van der Waals surface area contributed by atoms with Crippen molar-refractivity contribution in [2.75, 3.05) is 0 Å². The Hall–Kier alpha value is -2.41. The number of hydrogen-bond acceptors (Lipinski definition) is 3. The summed E-state index contributed by atoms with van der Waals surface area (Å²) < 4.78 is 58.5. The van der Waals surface area contributed by atoms with Crippen LogP contribution in [0.4, 0.5) is 17.6 Å². The number of nitrogens with zero attached hydrogens (tertiary/aromatic N) is 1. The van der Waals surface area contributed by atoms with Crippen LogP contribution in [0.25, 0.3) is 0 Å². The molecule has 0 amide bonds. The molecule has 3 nitrogen and oxygen atoms in total. The number of ketones is 1. The molecular weight excluding hydrogens is 408 g/mol. The van der Waals surface area contributed by atoms with E-state index in [1.807, 2.05) is 0 Å². The van der Waals surface area contributed by atoms with Crippen LogP contribution in [-0.2, 0) is 12.0 Å². The molecule has 8 heteroatoms. The van der Waals surface area contributed by atoms with Crippen molar-refractivity contribution < 1.29 is 22.4 Å². The summed E-state index contributed by atoms with van der Waals surface area (Å²) in [4.78, 5) is 16.1. The third kappa shape index (κ3) is 3.88. The molecule has 0 aromatic heterocycles. The van der Waals surface area contributed by atoms with Crippen molar-refractivity contribution in [3.05, 3.63) is 70.0 Å². The van der Waals surface area contributed by atoms with Crippen molar-refractivity contribution in [3.8, 4) is 0 Å². The van der Waals surface area contributed by atoms with Crippen molar-refractivity contribution in [2.24, 2.45) is 10.7 Å². The Morgan fingerprint density at radius 1 is 1.14 bits per heavy atom. The molecule has 0 radical (unpaired) electrons. The highest BCUT2D eigenvalue weighted by Gasteiger charge is 2.60. The highest BCUT2D eigenvalue weighted by molar-refractivity contribution is 6.30. The Balaban J connectivity index is 2.00. The minimum atomic E-state index is -3.70. The molecule has 0 aliphatic carbocycles. The van der Waals surface area contributed by atoms with Gasteiger partial charge in [0, 0.05) is 22.6 Å². The second-order valence-corrected chi connectivity index (χ2v) is 8.01. The SMILES string of the molecule is C[C@@]1(F)CC(F)(F)[C@@](C)(c2cc(CC(=O)c3ccc(Cl)cc3)ccc2F)N=C1N. The Labute approximate surface area is 170 Å². The molecule has 1 aliphatic heterocycles. The van der Waals surface area contributed by atoms with Gasteiger partial charge < -0.3 is 5.73 Å². The Bertz CT molecular complexity index is 989. The molecule has 2 aromatic carbocycles. The Kier molecular flexibility index (Phi) is 5.24. The van der Waals surface area contributed by atoms with Gasteiger partial charge in [0.2, 0.25) is 0 Å². The van der Waals surface area contributed by atoms with Crippen molar-refractivity contribution in [2.45, 2.75) is 43.8 Å². The standard InChI is InChI=1S/C21H19ClF4N2O/c1-19(24)11-21(25,26)20(2,28-18(19)27)15-9-12(3-8-16(15)23)10-17(29)13-4-6-14(22)7-5-13/h3-9H,10-11H2,1-2H3,(H2,27,28)/t19-,20-/m1/s1. The first kappa shape index (κ1) is 21.3. The molecule has 0 saturated carbocycles. The van der Waals surface area contributed by atoms with E-state index in [4.69, 9.17) is 17.3 Å². The first-order chi connectivity index (χ1) is 13.4. The highest BCUT2D eigenvalue weighted by Crippen LogP contribution is 2.50. The van der Waals surface area contributed by atoms with E-state index in [-0.39, 0.29) is 12.2 Å². The second kappa shape index (κ2) is 7.13. The first-order valence-electron chi connectivity index (χ1n) is 8.86. The molecule has 2 N–H and O–H groups in total. The van der Waals surface area contributed by atoms with Crippen LogP contribution in [0.3, 0.4) is 0 Å². The summed E-state index contributed by atoms with van der Waals surface area (Å²) in [6.45, 7) is 1.93. The predicted molar refractivity (Wildman–Crippen MR) is 104 cm³/mol. The van der Waals surface area contributed by atoms with Gasteiger partial charge in [-0.05, 0) is 55.8 Å². The van der Waals surface area contributed by atoms with Crippen LogP contribution in [0, 0.1) is 5.82 Å². The van der Waals surface area contributed by atoms with E-state index in [0.717, 1.165) is 26.0 Å². The van der Waals surface area contributed by atoms with Gasteiger partial charge in [0.15, 0.2) is 17.0 Å². The average molecular weight is 427 g/mol. The number of halogens is 5. The minimum Gasteiger partial charge on any atom is -0.385 e. The lowest BCUT2D eigenvalue weighted by Crippen LogP contribution is -2.56. The molecule has 0 fully saturated rings. The van der Waals surface area contributed by atoms with Crippen LogP contribution in [0.15, 0.2) is 47.5 Å². The predicted octanol–water partition coefficient (Wildman–Crippen LogP) is 5.24. The third-order valence-electron chi connectivity index (χ3n) is 5.23. The summed E-state index contributed by atoms with van der Waals surface area (Å²) in [5, 5.41) is 0.466. The number of hydrogen-bond donors (Lipinski definition) is 1. The summed E-state index contributed by atoms with van der Waals surface area (Å²) in [7, 11) is 0. The lowest BCUT2D eigenvalue weighted by molar-refractivity contribution is -0.106. The molecule has 3 rings (SSSR count). The maximum absolute atomic E-state index is 14.8. The monoisotopic (exact) mass is 426 g/mol. The van der Waals surface area contributed by atoms with Crippen molar-refractivity contribution >= 4 is 23.2 Å². The molecule has 0 saturated heterocycles. The van der Waals surface area contributed by atoms with Crippen molar-refractivity contribution in [1.29, 1.82) is 0 Å². The summed E-state index contributed by atoms with van der Waals surface area (Å²) in [5.41, 5.74) is 0.920. The number of amidine groups is 1. The van der Waals surface area contributed by atoms with Crippen LogP contribution in [0.5, 0.6) is 0 Å². The fourth-order valence-corrected chi connectivity index (χ4v) is 3.48. The lowest BCUT2D eigenvalue weighted by atomic mass is 9.77. The van der Waals surface area contributed by atoms with Crippen LogP contribution in [0.1, 0.15) is 41.8 Å². The quantitative estimate of drug-likeness (QED) is 0.536. The van der Waals surface area contributed by atoms with Crippen LogP contribution in [-0.4, -0.2) is 23.2 Å². The zero-order chi connectivity index (χ0) is 21.6. The molecule has 0 bridgehead atoms. The molecule has 154 valence electrons. The fourth-order valence-electron chi connectivity index (χ4n) is 3.35. The van der Waals surface area contributed by atoms with E-state index >= 15 is 0 Å². The minimum absolute atomic E-state index is 0.142. The number of benzene rings is 2. The van der Waals surface area contributed by atoms with Gasteiger partial charge in [-0.3, -0.25) is 9.79 Å². The number of carbonyl (C=O) groups is 1. The maximum atomic E-state index is 14.8. The van der Waals surface area contributed by atoms with Gasteiger partial charge in [0.25, 0.3) is 5.92 Å². The number of aliphatic imine (C=N–C) groups is 1. The zero-order valence-corrected chi connectivity index (χ0v) is 16.5.